The number of hydrogen-bond donors (Lipinski definition) is 1. The van der Waals surface area contributed by atoms with Gasteiger partial charge in [0.2, 0.25) is 0 Å². The quantitative estimate of drug-likeness (QED) is 0.750. The Kier molecular flexibility index (Phi) is 6.50. The molecule has 0 aromatic carbocycles. The minimum Gasteiger partial charge on any atom is -0.378 e. The second-order valence-electron chi connectivity index (χ2n) is 6.14. The lowest BCUT2D eigenvalue weighted by Gasteiger charge is -2.32. The summed E-state index contributed by atoms with van der Waals surface area (Å²) in [6.45, 7) is 4.34. The first kappa shape index (κ1) is 14.3. The highest BCUT2D eigenvalue weighted by molar-refractivity contribution is 4.82. The van der Waals surface area contributed by atoms with E-state index in [2.05, 4.69) is 12.2 Å². The van der Waals surface area contributed by atoms with Crippen LogP contribution >= 0.6 is 0 Å². The molecule has 2 heteroatoms. The Labute approximate surface area is 113 Å². The standard InChI is InChI=1S/C16H31NO/c1-2-17-16(13-15-11-7-8-12-18-15)14-9-5-3-4-6-10-14/h14-17H,2-13H2,1H3. The van der Waals surface area contributed by atoms with Gasteiger partial charge in [0.05, 0.1) is 6.10 Å². The van der Waals surface area contributed by atoms with Crippen LogP contribution in [0.5, 0.6) is 0 Å². The van der Waals surface area contributed by atoms with Crippen molar-refractivity contribution in [3.8, 4) is 0 Å². The molecule has 106 valence electrons. The fraction of sp³-hybridized carbons (Fsp3) is 1.00. The highest BCUT2D eigenvalue weighted by atomic mass is 16.5. The molecule has 0 spiro atoms. The summed E-state index contributed by atoms with van der Waals surface area (Å²) in [4.78, 5) is 0. The molecule has 0 aromatic heterocycles. The Bertz CT molecular complexity index is 205. The van der Waals surface area contributed by atoms with Crippen LogP contribution in [0.4, 0.5) is 0 Å². The zero-order valence-electron chi connectivity index (χ0n) is 12.1. The van der Waals surface area contributed by atoms with Crippen molar-refractivity contribution in [2.24, 2.45) is 5.92 Å². The van der Waals surface area contributed by atoms with E-state index in [0.717, 1.165) is 19.1 Å². The number of ether oxygens (including phenoxy) is 1. The first-order valence-corrected chi connectivity index (χ1v) is 8.25. The number of rotatable bonds is 5. The molecule has 0 bridgehead atoms. The Morgan fingerprint density at radius 1 is 1.00 bits per heavy atom. The summed E-state index contributed by atoms with van der Waals surface area (Å²) in [5, 5.41) is 3.75. The number of nitrogens with one attached hydrogen (secondary N) is 1. The van der Waals surface area contributed by atoms with E-state index >= 15 is 0 Å². The molecular weight excluding hydrogens is 222 g/mol. The van der Waals surface area contributed by atoms with Crippen LogP contribution in [0.3, 0.4) is 0 Å². The van der Waals surface area contributed by atoms with Gasteiger partial charge >= 0.3 is 0 Å². The lowest BCUT2D eigenvalue weighted by Crippen LogP contribution is -2.40. The molecule has 2 rings (SSSR count). The van der Waals surface area contributed by atoms with Crippen LogP contribution in [0.1, 0.15) is 71.1 Å². The third-order valence-corrected chi connectivity index (χ3v) is 4.73. The lowest BCUT2D eigenvalue weighted by molar-refractivity contribution is 0.000604. The monoisotopic (exact) mass is 253 g/mol. The Morgan fingerprint density at radius 3 is 2.33 bits per heavy atom. The average Bonchev–Trinajstić information content (AvgIpc) is 2.68. The molecule has 2 aliphatic rings. The molecule has 1 saturated heterocycles. The van der Waals surface area contributed by atoms with Crippen LogP contribution in [0.25, 0.3) is 0 Å². The Hall–Kier alpha value is -0.0800. The third kappa shape index (κ3) is 4.55. The topological polar surface area (TPSA) is 21.3 Å². The molecule has 0 amide bonds. The van der Waals surface area contributed by atoms with Crippen molar-refractivity contribution in [3.05, 3.63) is 0 Å². The maximum atomic E-state index is 5.94. The van der Waals surface area contributed by atoms with Gasteiger partial charge in [0.15, 0.2) is 0 Å². The molecule has 18 heavy (non-hydrogen) atoms. The molecule has 1 aliphatic carbocycles. The SMILES string of the molecule is CCNC(CC1CCCCO1)C1CCCCCC1. The largest absolute Gasteiger partial charge is 0.378 e. The van der Waals surface area contributed by atoms with Gasteiger partial charge in [-0.05, 0) is 51.0 Å². The summed E-state index contributed by atoms with van der Waals surface area (Å²) in [6, 6.07) is 0.705. The summed E-state index contributed by atoms with van der Waals surface area (Å²) in [6.07, 6.45) is 14.4. The van der Waals surface area contributed by atoms with E-state index in [-0.39, 0.29) is 0 Å². The molecule has 2 fully saturated rings. The molecule has 1 N–H and O–H groups in total. The second-order valence-corrected chi connectivity index (χ2v) is 6.14. The van der Waals surface area contributed by atoms with Crippen LogP contribution in [0.15, 0.2) is 0 Å². The van der Waals surface area contributed by atoms with Crippen molar-refractivity contribution >= 4 is 0 Å². The fourth-order valence-electron chi connectivity index (χ4n) is 3.69. The van der Waals surface area contributed by atoms with Crippen molar-refractivity contribution in [1.29, 1.82) is 0 Å². The Morgan fingerprint density at radius 2 is 1.72 bits per heavy atom. The van der Waals surface area contributed by atoms with Crippen molar-refractivity contribution in [2.45, 2.75) is 83.3 Å². The highest BCUT2D eigenvalue weighted by Gasteiger charge is 2.26. The molecule has 2 unspecified atom stereocenters. The molecule has 1 heterocycles. The van der Waals surface area contributed by atoms with E-state index in [9.17, 15) is 0 Å². The minimum atomic E-state index is 0.533. The maximum absolute atomic E-state index is 5.94. The van der Waals surface area contributed by atoms with Crippen LogP contribution in [-0.4, -0.2) is 25.3 Å². The van der Waals surface area contributed by atoms with Gasteiger partial charge in [0, 0.05) is 12.6 Å². The van der Waals surface area contributed by atoms with Gasteiger partial charge in [0.1, 0.15) is 0 Å². The van der Waals surface area contributed by atoms with Gasteiger partial charge in [0.25, 0.3) is 0 Å². The zero-order chi connectivity index (χ0) is 12.6. The van der Waals surface area contributed by atoms with Gasteiger partial charge in [-0.2, -0.15) is 0 Å². The van der Waals surface area contributed by atoms with Crippen molar-refractivity contribution in [2.75, 3.05) is 13.2 Å². The van der Waals surface area contributed by atoms with Crippen molar-refractivity contribution < 1.29 is 4.74 Å². The predicted octanol–water partition coefficient (Wildman–Crippen LogP) is 3.89. The summed E-state index contributed by atoms with van der Waals surface area (Å²) < 4.78 is 5.94. The summed E-state index contributed by atoms with van der Waals surface area (Å²) >= 11 is 0. The summed E-state index contributed by atoms with van der Waals surface area (Å²) in [5.74, 6) is 0.901. The molecule has 2 nitrogen and oxygen atoms in total. The first-order valence-electron chi connectivity index (χ1n) is 8.25. The summed E-state index contributed by atoms with van der Waals surface area (Å²) in [5.41, 5.74) is 0. The normalized spacial score (nSPS) is 28.8. The summed E-state index contributed by atoms with van der Waals surface area (Å²) in [7, 11) is 0. The fourth-order valence-corrected chi connectivity index (χ4v) is 3.69. The van der Waals surface area contributed by atoms with Crippen LogP contribution in [0, 0.1) is 5.92 Å². The van der Waals surface area contributed by atoms with Crippen LogP contribution in [0.2, 0.25) is 0 Å². The average molecular weight is 253 g/mol. The van der Waals surface area contributed by atoms with Gasteiger partial charge in [-0.15, -0.1) is 0 Å². The van der Waals surface area contributed by atoms with Crippen molar-refractivity contribution in [3.63, 3.8) is 0 Å². The highest BCUT2D eigenvalue weighted by Crippen LogP contribution is 2.29. The van der Waals surface area contributed by atoms with Gasteiger partial charge in [-0.1, -0.05) is 32.6 Å². The first-order chi connectivity index (χ1) is 8.90. The molecule has 1 aliphatic heterocycles. The molecular formula is C16H31NO. The minimum absolute atomic E-state index is 0.533. The molecule has 1 saturated carbocycles. The molecule has 2 atom stereocenters. The smallest absolute Gasteiger partial charge is 0.0590 e. The van der Waals surface area contributed by atoms with Gasteiger partial charge < -0.3 is 10.1 Å². The van der Waals surface area contributed by atoms with E-state index in [1.165, 1.54) is 64.2 Å². The van der Waals surface area contributed by atoms with E-state index in [4.69, 9.17) is 4.74 Å². The van der Waals surface area contributed by atoms with Crippen LogP contribution < -0.4 is 5.32 Å². The molecule has 0 radical (unpaired) electrons. The van der Waals surface area contributed by atoms with E-state index in [1.54, 1.807) is 0 Å². The van der Waals surface area contributed by atoms with Crippen LogP contribution in [-0.2, 0) is 4.74 Å². The predicted molar refractivity (Wildman–Crippen MR) is 76.9 cm³/mol. The van der Waals surface area contributed by atoms with E-state index in [0.29, 0.717) is 12.1 Å². The Balaban J connectivity index is 1.84. The second kappa shape index (κ2) is 8.16. The maximum Gasteiger partial charge on any atom is 0.0590 e. The molecule has 0 aromatic rings. The third-order valence-electron chi connectivity index (χ3n) is 4.73. The van der Waals surface area contributed by atoms with E-state index in [1.807, 2.05) is 0 Å². The lowest BCUT2D eigenvalue weighted by atomic mass is 9.87. The van der Waals surface area contributed by atoms with Gasteiger partial charge in [-0.3, -0.25) is 0 Å². The van der Waals surface area contributed by atoms with Gasteiger partial charge in [-0.25, -0.2) is 0 Å². The number of hydrogen-bond acceptors (Lipinski definition) is 2. The van der Waals surface area contributed by atoms with Crippen molar-refractivity contribution in [1.82, 2.24) is 5.32 Å². The van der Waals surface area contributed by atoms with E-state index < -0.39 is 0 Å². The zero-order valence-corrected chi connectivity index (χ0v) is 12.1.